The summed E-state index contributed by atoms with van der Waals surface area (Å²) in [5.74, 6) is -1.88. The molecule has 0 saturated carbocycles. The smallest absolute Gasteiger partial charge is 0.329 e. The molecule has 0 unspecified atom stereocenters. The van der Waals surface area contributed by atoms with Crippen molar-refractivity contribution in [3.05, 3.63) is 0 Å². The van der Waals surface area contributed by atoms with Crippen molar-refractivity contribution in [1.82, 2.24) is 0 Å². The van der Waals surface area contributed by atoms with Gasteiger partial charge in [0.1, 0.15) is 6.61 Å². The Kier molecular flexibility index (Phi) is 26.7. The number of carboxylic acids is 2. The molecule has 0 bridgehead atoms. The molecule has 0 aliphatic rings. The summed E-state index contributed by atoms with van der Waals surface area (Å²) in [6, 6.07) is 0. The van der Waals surface area contributed by atoms with Crippen molar-refractivity contribution in [2.24, 2.45) is 0 Å². The first-order chi connectivity index (χ1) is 16.6. The molecule has 0 rings (SSSR count). The van der Waals surface area contributed by atoms with E-state index in [1.54, 1.807) is 0 Å². The first kappa shape index (κ1) is 32.6. The van der Waals surface area contributed by atoms with Gasteiger partial charge in [0.15, 0.2) is 0 Å². The van der Waals surface area contributed by atoms with Crippen LogP contribution in [0.3, 0.4) is 0 Å². The zero-order valence-electron chi connectivity index (χ0n) is 19.8. The van der Waals surface area contributed by atoms with E-state index in [1.165, 1.54) is 0 Å². The van der Waals surface area contributed by atoms with E-state index in [2.05, 4.69) is 0 Å². The van der Waals surface area contributed by atoms with Gasteiger partial charge in [-0.05, 0) is 0 Å². The summed E-state index contributed by atoms with van der Waals surface area (Å²) in [6.07, 6.45) is -0.00626. The van der Waals surface area contributed by atoms with Gasteiger partial charge in [0.05, 0.1) is 119 Å². The highest BCUT2D eigenvalue weighted by Crippen LogP contribution is 1.87. The summed E-state index contributed by atoms with van der Waals surface area (Å²) in [7, 11) is 0. The lowest BCUT2D eigenvalue weighted by atomic mass is 10.5. The Hall–Kier alpha value is -1.42. The molecule has 0 aromatic heterocycles. The average molecular weight is 501 g/mol. The van der Waals surface area contributed by atoms with Crippen molar-refractivity contribution in [1.29, 1.82) is 0 Å². The molecule has 2 N–H and O–H groups in total. The van der Waals surface area contributed by atoms with Gasteiger partial charge in [-0.1, -0.05) is 0 Å². The van der Waals surface area contributed by atoms with Crippen molar-refractivity contribution < 1.29 is 62.4 Å². The van der Waals surface area contributed by atoms with Crippen LogP contribution in [0.4, 0.5) is 0 Å². The predicted molar refractivity (Wildman–Crippen MR) is 117 cm³/mol. The minimum absolute atomic E-state index is 0.00626. The molecule has 0 saturated heterocycles. The Morgan fingerprint density at radius 3 is 0.824 bits per heavy atom. The second-order valence-corrected chi connectivity index (χ2v) is 6.49. The molecule has 202 valence electrons. The molecule has 0 amide bonds. The van der Waals surface area contributed by atoms with E-state index in [4.69, 9.17) is 52.8 Å². The first-order valence-corrected chi connectivity index (χ1v) is 11.3. The number of rotatable bonds is 29. The normalized spacial score (nSPS) is 11.2. The zero-order chi connectivity index (χ0) is 25.0. The van der Waals surface area contributed by atoms with Crippen molar-refractivity contribution in [3.8, 4) is 0 Å². The highest BCUT2D eigenvalue weighted by atomic mass is 16.6. The molecule has 13 nitrogen and oxygen atoms in total. The van der Waals surface area contributed by atoms with Crippen molar-refractivity contribution in [3.63, 3.8) is 0 Å². The average Bonchev–Trinajstić information content (AvgIpc) is 2.80. The summed E-state index contributed by atoms with van der Waals surface area (Å²) in [5.41, 5.74) is 0. The Labute approximate surface area is 200 Å². The second-order valence-electron chi connectivity index (χ2n) is 6.49. The molecule has 34 heavy (non-hydrogen) atoms. The number of carbonyl (C=O) groups is 2. The molecule has 0 atom stereocenters. The van der Waals surface area contributed by atoms with Crippen LogP contribution in [0, 0.1) is 0 Å². The number of hydrogen-bond acceptors (Lipinski definition) is 11. The number of aliphatic carboxylic acids is 2. The van der Waals surface area contributed by atoms with Gasteiger partial charge < -0.3 is 52.8 Å². The lowest BCUT2D eigenvalue weighted by molar-refractivity contribution is -0.143. The lowest BCUT2D eigenvalue weighted by Crippen LogP contribution is -2.15. The Morgan fingerprint density at radius 2 is 0.588 bits per heavy atom. The van der Waals surface area contributed by atoms with Crippen molar-refractivity contribution >= 4 is 11.9 Å². The predicted octanol–water partition coefficient (Wildman–Crippen LogP) is -0.305. The molecule has 0 spiro atoms. The van der Waals surface area contributed by atoms with Gasteiger partial charge in [0.2, 0.25) is 0 Å². The number of carboxylic acid groups (broad SMARTS) is 2. The maximum Gasteiger partial charge on any atom is 0.329 e. The zero-order valence-corrected chi connectivity index (χ0v) is 19.8. The van der Waals surface area contributed by atoms with Gasteiger partial charge in [0, 0.05) is 0 Å². The molecular weight excluding hydrogens is 460 g/mol. The van der Waals surface area contributed by atoms with Gasteiger partial charge >= 0.3 is 11.9 Å². The maximum atomic E-state index is 10.3. The fourth-order valence-corrected chi connectivity index (χ4v) is 2.08. The molecule has 0 aromatic carbocycles. The lowest BCUT2D eigenvalue weighted by Gasteiger charge is -2.08. The van der Waals surface area contributed by atoms with Crippen LogP contribution in [-0.2, 0) is 52.2 Å². The third kappa shape index (κ3) is 30.6. The molecule has 13 heteroatoms. The molecule has 0 aliphatic heterocycles. The Bertz CT molecular complexity index is 410. The molecule has 0 aliphatic carbocycles. The largest absolute Gasteiger partial charge is 0.481 e. The quantitative estimate of drug-likeness (QED) is 0.129. The molecule has 0 fully saturated rings. The number of ether oxygens (including phenoxy) is 9. The van der Waals surface area contributed by atoms with Crippen LogP contribution in [0.15, 0.2) is 0 Å². The standard InChI is InChI=1S/C21H40O13/c22-20(23)1-2-26-3-4-27-5-6-28-7-8-29-9-10-30-11-12-31-13-14-32-15-16-33-17-18-34-19-21(24)25/h1-19H2,(H,22,23)(H,24,25). The topological polar surface area (TPSA) is 158 Å². The molecule has 0 aromatic rings. The van der Waals surface area contributed by atoms with Gasteiger partial charge in [0.25, 0.3) is 0 Å². The fraction of sp³-hybridized carbons (Fsp3) is 0.905. The molecule has 0 radical (unpaired) electrons. The summed E-state index contributed by atoms with van der Waals surface area (Å²) >= 11 is 0. The van der Waals surface area contributed by atoms with Crippen LogP contribution >= 0.6 is 0 Å². The third-order valence-electron chi connectivity index (χ3n) is 3.66. The molecular formula is C21H40O13. The van der Waals surface area contributed by atoms with Crippen molar-refractivity contribution in [2.75, 3.05) is 119 Å². The van der Waals surface area contributed by atoms with E-state index in [1.807, 2.05) is 0 Å². The van der Waals surface area contributed by atoms with Crippen LogP contribution in [0.2, 0.25) is 0 Å². The fourth-order valence-electron chi connectivity index (χ4n) is 2.08. The van der Waals surface area contributed by atoms with E-state index < -0.39 is 11.9 Å². The van der Waals surface area contributed by atoms with E-state index in [9.17, 15) is 9.59 Å². The summed E-state index contributed by atoms with van der Waals surface area (Å²) in [5, 5.41) is 16.8. The van der Waals surface area contributed by atoms with Crippen molar-refractivity contribution in [2.45, 2.75) is 6.42 Å². The summed E-state index contributed by atoms with van der Waals surface area (Å²) < 4.78 is 47.2. The molecule has 0 heterocycles. The van der Waals surface area contributed by atoms with Gasteiger partial charge in [-0.2, -0.15) is 0 Å². The van der Waals surface area contributed by atoms with Crippen LogP contribution in [0.5, 0.6) is 0 Å². The van der Waals surface area contributed by atoms with Crippen LogP contribution < -0.4 is 0 Å². The summed E-state index contributed by atoms with van der Waals surface area (Å²) in [4.78, 5) is 20.5. The van der Waals surface area contributed by atoms with E-state index in [0.29, 0.717) is 99.1 Å². The first-order valence-electron chi connectivity index (χ1n) is 11.3. The monoisotopic (exact) mass is 500 g/mol. The Balaban J connectivity index is 3.03. The highest BCUT2D eigenvalue weighted by molar-refractivity contribution is 5.68. The van der Waals surface area contributed by atoms with Gasteiger partial charge in [-0.15, -0.1) is 0 Å². The van der Waals surface area contributed by atoms with E-state index in [-0.39, 0.29) is 26.2 Å². The van der Waals surface area contributed by atoms with Crippen LogP contribution in [0.25, 0.3) is 0 Å². The van der Waals surface area contributed by atoms with Gasteiger partial charge in [-0.25, -0.2) is 4.79 Å². The maximum absolute atomic E-state index is 10.3. The van der Waals surface area contributed by atoms with Crippen LogP contribution in [-0.4, -0.2) is 141 Å². The highest BCUT2D eigenvalue weighted by Gasteiger charge is 1.98. The third-order valence-corrected chi connectivity index (χ3v) is 3.66. The van der Waals surface area contributed by atoms with Crippen LogP contribution in [0.1, 0.15) is 6.42 Å². The number of hydrogen-bond donors (Lipinski definition) is 2. The minimum Gasteiger partial charge on any atom is -0.481 e. The minimum atomic E-state index is -1.00. The summed E-state index contributed by atoms with van der Waals surface area (Å²) in [6.45, 7) is 6.64. The van der Waals surface area contributed by atoms with E-state index in [0.717, 1.165) is 0 Å². The second kappa shape index (κ2) is 27.8. The van der Waals surface area contributed by atoms with Gasteiger partial charge in [-0.3, -0.25) is 4.79 Å². The SMILES string of the molecule is O=C(O)CCOCCOCCOCCOCCOCCOCCOCCOCCOCC(=O)O. The Morgan fingerprint density at radius 1 is 0.353 bits per heavy atom. The van der Waals surface area contributed by atoms with E-state index >= 15 is 0 Å².